The van der Waals surface area contributed by atoms with E-state index in [4.69, 9.17) is 10.5 Å². The number of allylic oxidation sites excluding steroid dienone is 1. The van der Waals surface area contributed by atoms with Crippen molar-refractivity contribution >= 4 is 18.0 Å². The molecule has 0 aliphatic rings. The van der Waals surface area contributed by atoms with E-state index < -0.39 is 29.7 Å². The van der Waals surface area contributed by atoms with Crippen molar-refractivity contribution in [3.05, 3.63) is 112 Å². The highest BCUT2D eigenvalue weighted by atomic mass is 19.1. The number of carbonyl (C=O) groups is 2. The fourth-order valence-electron chi connectivity index (χ4n) is 5.39. The Labute approximate surface area is 273 Å². The smallest absolute Gasteiger partial charge is 0.338 e. The molecule has 0 fully saturated rings. The van der Waals surface area contributed by atoms with Gasteiger partial charge in [0.25, 0.3) is 5.91 Å². The number of amides is 1. The molecule has 0 aromatic heterocycles. The van der Waals surface area contributed by atoms with Crippen molar-refractivity contribution in [2.75, 3.05) is 19.6 Å². The first-order valence-corrected chi connectivity index (χ1v) is 16.4. The first-order chi connectivity index (χ1) is 22.1. The van der Waals surface area contributed by atoms with Crippen LogP contribution >= 0.6 is 0 Å². The molecule has 46 heavy (non-hydrogen) atoms. The number of hydrogen-bond acceptors (Lipinski definition) is 5. The molecule has 8 heteroatoms. The number of ether oxygens (including phenoxy) is 1. The number of esters is 1. The highest BCUT2D eigenvalue weighted by molar-refractivity contribution is 5.98. The Morgan fingerprint density at radius 1 is 0.913 bits per heavy atom. The van der Waals surface area contributed by atoms with Crippen LogP contribution in [0.1, 0.15) is 95.8 Å². The molecule has 3 N–H and O–H groups in total. The minimum atomic E-state index is -0.827. The van der Waals surface area contributed by atoms with Crippen molar-refractivity contribution in [3.63, 3.8) is 0 Å². The van der Waals surface area contributed by atoms with Crippen molar-refractivity contribution < 1.29 is 23.1 Å². The maximum atomic E-state index is 13.9. The highest BCUT2D eigenvalue weighted by Crippen LogP contribution is 2.18. The molecule has 2 atom stereocenters. The van der Waals surface area contributed by atoms with Crippen LogP contribution in [0.3, 0.4) is 0 Å². The Balaban J connectivity index is 1.79. The van der Waals surface area contributed by atoms with Crippen LogP contribution in [0.4, 0.5) is 8.78 Å². The normalized spacial score (nSPS) is 12.7. The Morgan fingerprint density at radius 3 is 2.28 bits per heavy atom. The standard InChI is InChI=1S/C38H49F2N3O3/c1-5-8-9-10-12-28-13-11-14-29(19-28)25-42-26-36(35(41)22-30-20-33(39)24-34(40)21-30)46-38(45)32-18-27(4)17-31(23-32)37(44)43(15-6-2)16-7-3/h10-14,17-21,23-24,35-36,42H,5-9,15-16,22,25-26,41H2,1-4H3/t35-,36+/m0/s1. The van der Waals surface area contributed by atoms with Gasteiger partial charge >= 0.3 is 5.97 Å². The van der Waals surface area contributed by atoms with Crippen LogP contribution in [0.2, 0.25) is 0 Å². The number of aryl methyl sites for hydroxylation is 1. The van der Waals surface area contributed by atoms with Crippen molar-refractivity contribution in [1.29, 1.82) is 0 Å². The number of unbranched alkanes of at least 4 members (excludes halogenated alkanes) is 2. The van der Waals surface area contributed by atoms with Gasteiger partial charge in [0.1, 0.15) is 17.7 Å². The Morgan fingerprint density at radius 2 is 1.61 bits per heavy atom. The number of nitrogens with one attached hydrogen (secondary N) is 1. The van der Waals surface area contributed by atoms with Gasteiger partial charge in [-0.25, -0.2) is 13.6 Å². The summed E-state index contributed by atoms with van der Waals surface area (Å²) in [5.74, 6) is -2.15. The lowest BCUT2D eigenvalue weighted by Gasteiger charge is -2.25. The minimum absolute atomic E-state index is 0.0902. The van der Waals surface area contributed by atoms with Gasteiger partial charge in [0, 0.05) is 43.9 Å². The summed E-state index contributed by atoms with van der Waals surface area (Å²) in [6.45, 7) is 10.00. The number of halogens is 2. The number of carbonyl (C=O) groups excluding carboxylic acids is 2. The predicted octanol–water partition coefficient (Wildman–Crippen LogP) is 7.62. The van der Waals surface area contributed by atoms with E-state index in [1.54, 1.807) is 23.1 Å². The van der Waals surface area contributed by atoms with Crippen molar-refractivity contribution in [1.82, 2.24) is 10.2 Å². The van der Waals surface area contributed by atoms with Crippen LogP contribution in [0, 0.1) is 18.6 Å². The third-order valence-corrected chi connectivity index (χ3v) is 7.62. The van der Waals surface area contributed by atoms with Gasteiger partial charge in [-0.1, -0.05) is 70.0 Å². The van der Waals surface area contributed by atoms with Crippen LogP contribution in [-0.4, -0.2) is 48.6 Å². The van der Waals surface area contributed by atoms with E-state index in [0.29, 0.717) is 30.8 Å². The van der Waals surface area contributed by atoms with Gasteiger partial charge < -0.3 is 20.7 Å². The van der Waals surface area contributed by atoms with Crippen molar-refractivity contribution in [2.24, 2.45) is 5.73 Å². The third kappa shape index (κ3) is 11.8. The summed E-state index contributed by atoms with van der Waals surface area (Å²) in [5.41, 5.74) is 10.5. The van der Waals surface area contributed by atoms with Gasteiger partial charge in [0.05, 0.1) is 5.56 Å². The summed E-state index contributed by atoms with van der Waals surface area (Å²) in [6.07, 6.45) is 8.54. The number of nitrogens with two attached hydrogens (primary N) is 1. The predicted molar refractivity (Wildman–Crippen MR) is 182 cm³/mol. The summed E-state index contributed by atoms with van der Waals surface area (Å²) in [4.78, 5) is 28.6. The molecule has 0 bridgehead atoms. The van der Waals surface area contributed by atoms with Gasteiger partial charge in [-0.3, -0.25) is 4.79 Å². The third-order valence-electron chi connectivity index (χ3n) is 7.62. The summed E-state index contributed by atoms with van der Waals surface area (Å²) in [6, 6.07) is 15.7. The molecule has 0 unspecified atom stereocenters. The molecule has 0 heterocycles. The summed E-state index contributed by atoms with van der Waals surface area (Å²) in [5, 5.41) is 3.35. The molecule has 3 aromatic carbocycles. The van der Waals surface area contributed by atoms with E-state index in [0.717, 1.165) is 54.9 Å². The van der Waals surface area contributed by atoms with Gasteiger partial charge in [0.2, 0.25) is 0 Å². The van der Waals surface area contributed by atoms with E-state index in [1.165, 1.54) is 12.1 Å². The Hall–Kier alpha value is -3.88. The molecule has 0 spiro atoms. The van der Waals surface area contributed by atoms with E-state index in [9.17, 15) is 18.4 Å². The largest absolute Gasteiger partial charge is 0.456 e. The molecule has 0 aliphatic heterocycles. The maximum absolute atomic E-state index is 13.9. The van der Waals surface area contributed by atoms with Crippen LogP contribution in [0.5, 0.6) is 0 Å². The van der Waals surface area contributed by atoms with Gasteiger partial charge in [-0.15, -0.1) is 0 Å². The van der Waals surface area contributed by atoms with E-state index >= 15 is 0 Å². The van der Waals surface area contributed by atoms with Crippen LogP contribution in [0.25, 0.3) is 6.08 Å². The molecule has 1 amide bonds. The fraction of sp³-hybridized carbons (Fsp3) is 0.421. The summed E-state index contributed by atoms with van der Waals surface area (Å²) in [7, 11) is 0. The highest BCUT2D eigenvalue weighted by Gasteiger charge is 2.25. The molecular formula is C38H49F2N3O3. The zero-order valence-electron chi connectivity index (χ0n) is 27.7. The van der Waals surface area contributed by atoms with E-state index in [-0.39, 0.29) is 24.4 Å². The van der Waals surface area contributed by atoms with Crippen molar-refractivity contribution in [2.45, 2.75) is 84.9 Å². The number of nitrogens with zero attached hydrogens (tertiary/aromatic N) is 1. The monoisotopic (exact) mass is 633 g/mol. The lowest BCUT2D eigenvalue weighted by Crippen LogP contribution is -2.46. The number of rotatable bonds is 18. The van der Waals surface area contributed by atoms with Crippen LogP contribution in [-0.2, 0) is 17.7 Å². The molecule has 0 saturated carbocycles. The molecule has 0 saturated heterocycles. The van der Waals surface area contributed by atoms with Crippen LogP contribution < -0.4 is 11.1 Å². The van der Waals surface area contributed by atoms with Crippen LogP contribution in [0.15, 0.2) is 66.7 Å². The van der Waals surface area contributed by atoms with E-state index in [2.05, 4.69) is 36.5 Å². The Bertz CT molecular complexity index is 1430. The molecule has 3 rings (SSSR count). The zero-order chi connectivity index (χ0) is 33.5. The molecule has 0 aliphatic carbocycles. The minimum Gasteiger partial charge on any atom is -0.456 e. The number of hydrogen-bond donors (Lipinski definition) is 2. The first kappa shape index (κ1) is 36.6. The molecule has 3 aromatic rings. The second-order valence-corrected chi connectivity index (χ2v) is 11.9. The summed E-state index contributed by atoms with van der Waals surface area (Å²) >= 11 is 0. The molecule has 248 valence electrons. The quantitative estimate of drug-likeness (QED) is 0.111. The molecule has 0 radical (unpaired) electrons. The lowest BCUT2D eigenvalue weighted by atomic mass is 10.0. The van der Waals surface area contributed by atoms with Gasteiger partial charge in [-0.2, -0.15) is 0 Å². The summed E-state index contributed by atoms with van der Waals surface area (Å²) < 4.78 is 33.8. The van der Waals surface area contributed by atoms with E-state index in [1.807, 2.05) is 32.9 Å². The molecule has 6 nitrogen and oxygen atoms in total. The first-order valence-electron chi connectivity index (χ1n) is 16.4. The Kier molecular flexibility index (Phi) is 15.1. The SMILES string of the molecule is CCCCC=Cc1cccc(CNC[C@@H](OC(=O)c2cc(C)cc(C(=O)N(CCC)CCC)c2)[C@@H](N)Cc2cc(F)cc(F)c2)c1. The van der Waals surface area contributed by atoms with Gasteiger partial charge in [-0.05, 0) is 85.2 Å². The topological polar surface area (TPSA) is 84.7 Å². The van der Waals surface area contributed by atoms with Gasteiger partial charge in [0.15, 0.2) is 0 Å². The number of benzene rings is 3. The second-order valence-electron chi connectivity index (χ2n) is 11.9. The fourth-order valence-corrected chi connectivity index (χ4v) is 5.39. The average molecular weight is 634 g/mol. The maximum Gasteiger partial charge on any atom is 0.338 e. The lowest BCUT2D eigenvalue weighted by molar-refractivity contribution is 0.0238. The zero-order valence-corrected chi connectivity index (χ0v) is 27.7. The van der Waals surface area contributed by atoms with Crippen molar-refractivity contribution in [3.8, 4) is 0 Å². The second kappa shape index (κ2) is 18.9. The molecular weight excluding hydrogens is 584 g/mol. The average Bonchev–Trinajstić information content (AvgIpc) is 3.01.